The van der Waals surface area contributed by atoms with Gasteiger partial charge in [0.25, 0.3) is 0 Å². The number of H-pyrrole nitrogens is 1. The third-order valence-corrected chi connectivity index (χ3v) is 3.00. The second-order valence-electron chi connectivity index (χ2n) is 4.44. The summed E-state index contributed by atoms with van der Waals surface area (Å²) in [6.45, 7) is 10.9. The van der Waals surface area contributed by atoms with Crippen LogP contribution in [0.15, 0.2) is 35.0 Å². The molecule has 0 unspecified atom stereocenters. The number of hydrogen-bond acceptors (Lipinski definition) is 0. The zero-order valence-corrected chi connectivity index (χ0v) is 17.2. The summed E-state index contributed by atoms with van der Waals surface area (Å²) in [5, 5.41) is 0. The van der Waals surface area contributed by atoms with Crippen LogP contribution in [0.3, 0.4) is 0 Å². The summed E-state index contributed by atoms with van der Waals surface area (Å²) in [6.07, 6.45) is 7.99. The Labute approximate surface area is 148 Å². The van der Waals surface area contributed by atoms with Gasteiger partial charge in [-0.25, -0.2) is 5.57 Å². The SMILES string of the molecule is CC1=[C-]C(C)(C)C(C)=C1C.[CH3-].[CH3-].[CH3-].[CH3-].[Zr].[c-]1ccc[nH]1. The summed E-state index contributed by atoms with van der Waals surface area (Å²) in [5.41, 5.74) is 4.39. The van der Waals surface area contributed by atoms with Crippen LogP contribution in [0.1, 0.15) is 34.6 Å². The monoisotopic (exact) mass is 351 g/mol. The van der Waals surface area contributed by atoms with E-state index in [0.29, 0.717) is 0 Å². The summed E-state index contributed by atoms with van der Waals surface area (Å²) in [7, 11) is 0. The third kappa shape index (κ3) is 8.74. The molecule has 1 nitrogen and oxygen atoms in total. The zero-order valence-electron chi connectivity index (χ0n) is 14.7. The largest absolute Gasteiger partial charge is 0.484 e. The molecular weight excluding hydrogens is 321 g/mol. The number of allylic oxidation sites excluding steroid dienone is 4. The van der Waals surface area contributed by atoms with Gasteiger partial charge in [0.15, 0.2) is 0 Å². The minimum atomic E-state index is 0. The Bertz CT molecular complexity index is 353. The van der Waals surface area contributed by atoms with Gasteiger partial charge in [0.05, 0.1) is 0 Å². The van der Waals surface area contributed by atoms with Gasteiger partial charge in [0.1, 0.15) is 0 Å². The van der Waals surface area contributed by atoms with Crippen molar-refractivity contribution in [1.29, 1.82) is 0 Å². The normalized spacial score (nSPS) is 13.8. The van der Waals surface area contributed by atoms with Gasteiger partial charge in [-0.05, 0) is 0 Å². The van der Waals surface area contributed by atoms with Gasteiger partial charge < -0.3 is 34.7 Å². The van der Waals surface area contributed by atoms with Crippen molar-refractivity contribution in [2.75, 3.05) is 0 Å². The number of nitrogens with one attached hydrogen (secondary N) is 1. The summed E-state index contributed by atoms with van der Waals surface area (Å²) in [5.74, 6) is 0. The molecule has 0 radical (unpaired) electrons. The molecule has 1 aromatic heterocycles. The van der Waals surface area contributed by atoms with Crippen molar-refractivity contribution >= 4 is 0 Å². The Morgan fingerprint density at radius 2 is 1.50 bits per heavy atom. The molecule has 1 N–H and O–H groups in total. The predicted molar refractivity (Wildman–Crippen MR) is 89.9 cm³/mol. The Balaban J connectivity index is -0.0000000667. The molecule has 1 heterocycles. The standard InChI is InChI=1S/C10H15.C4H4N.4CH3.Zr/c1-7-6-10(4,5)9(3)8(7)2;1-2-4-5-3-1;;;;;/h1-5H3;1-3,5H;4*1H3;/q6*-1;. The van der Waals surface area contributed by atoms with Gasteiger partial charge in [-0.1, -0.05) is 33.1 Å². The van der Waals surface area contributed by atoms with Crippen LogP contribution >= 0.6 is 0 Å². The van der Waals surface area contributed by atoms with Gasteiger partial charge >= 0.3 is 0 Å². The molecule has 0 amide bonds. The molecule has 0 saturated carbocycles. The number of aromatic nitrogens is 1. The fraction of sp³-hybridized carbons (Fsp3) is 0.333. The molecule has 0 aromatic carbocycles. The maximum absolute atomic E-state index is 3.44. The summed E-state index contributed by atoms with van der Waals surface area (Å²) in [4.78, 5) is 2.74. The molecule has 2 rings (SSSR count). The molecule has 0 atom stereocenters. The number of hydrogen-bond donors (Lipinski definition) is 1. The molecule has 2 heteroatoms. The van der Waals surface area contributed by atoms with Crippen molar-refractivity contribution < 1.29 is 26.2 Å². The number of rotatable bonds is 0. The van der Waals surface area contributed by atoms with Gasteiger partial charge in [-0.2, -0.15) is 29.5 Å². The molecule has 0 spiro atoms. The van der Waals surface area contributed by atoms with Gasteiger partial charge in [-0.15, -0.1) is 13.1 Å². The second kappa shape index (κ2) is 13.6. The van der Waals surface area contributed by atoms with Crippen molar-refractivity contribution in [3.05, 3.63) is 77.0 Å². The first-order valence-electron chi connectivity index (χ1n) is 5.24. The molecule has 20 heavy (non-hydrogen) atoms. The van der Waals surface area contributed by atoms with E-state index in [-0.39, 0.29) is 61.3 Å². The molecule has 0 fully saturated rings. The predicted octanol–water partition coefficient (Wildman–Crippen LogP) is 5.73. The van der Waals surface area contributed by atoms with Crippen molar-refractivity contribution in [1.82, 2.24) is 4.98 Å². The zero-order chi connectivity index (χ0) is 11.5. The Morgan fingerprint density at radius 3 is 1.60 bits per heavy atom. The minimum absolute atomic E-state index is 0. The van der Waals surface area contributed by atoms with Gasteiger partial charge in [-0.3, -0.25) is 6.08 Å². The van der Waals surface area contributed by atoms with Crippen molar-refractivity contribution in [2.45, 2.75) is 34.6 Å². The molecule has 0 bridgehead atoms. The molecule has 1 aliphatic rings. The van der Waals surface area contributed by atoms with Crippen LogP contribution in [-0.2, 0) is 26.2 Å². The van der Waals surface area contributed by atoms with E-state index >= 15 is 0 Å². The maximum Gasteiger partial charge on any atom is 0 e. The van der Waals surface area contributed by atoms with E-state index in [1.807, 2.05) is 18.3 Å². The molecule has 1 aliphatic carbocycles. The van der Waals surface area contributed by atoms with E-state index in [2.05, 4.69) is 51.9 Å². The van der Waals surface area contributed by atoms with Crippen LogP contribution in [0.25, 0.3) is 0 Å². The maximum atomic E-state index is 3.44. The molecule has 1 aromatic rings. The first-order chi connectivity index (χ1) is 6.95. The van der Waals surface area contributed by atoms with E-state index in [1.54, 1.807) is 0 Å². The van der Waals surface area contributed by atoms with E-state index in [9.17, 15) is 0 Å². The second-order valence-corrected chi connectivity index (χ2v) is 4.44. The summed E-state index contributed by atoms with van der Waals surface area (Å²) < 4.78 is 0. The van der Waals surface area contributed by atoms with E-state index in [1.165, 1.54) is 16.7 Å². The van der Waals surface area contributed by atoms with E-state index < -0.39 is 0 Å². The van der Waals surface area contributed by atoms with Crippen molar-refractivity contribution in [3.63, 3.8) is 0 Å². The molecule has 118 valence electrons. The first-order valence-corrected chi connectivity index (χ1v) is 5.24. The molecule has 0 saturated heterocycles. The smallest absolute Gasteiger partial charge is 0 e. The first kappa shape index (κ1) is 31.8. The Kier molecular flexibility index (Phi) is 21.7. The average Bonchev–Trinajstić information content (AvgIpc) is 2.76. The third-order valence-electron chi connectivity index (χ3n) is 3.00. The van der Waals surface area contributed by atoms with Crippen molar-refractivity contribution in [2.24, 2.45) is 5.41 Å². The van der Waals surface area contributed by atoms with Gasteiger partial charge in [0, 0.05) is 26.2 Å². The minimum Gasteiger partial charge on any atom is -0.484 e. The van der Waals surface area contributed by atoms with Crippen molar-refractivity contribution in [3.8, 4) is 0 Å². The average molecular weight is 353 g/mol. The van der Waals surface area contributed by atoms with E-state index in [4.69, 9.17) is 0 Å². The van der Waals surface area contributed by atoms with E-state index in [0.717, 1.165) is 0 Å². The van der Waals surface area contributed by atoms with Gasteiger partial charge in [0.2, 0.25) is 0 Å². The fourth-order valence-electron chi connectivity index (χ4n) is 1.65. The van der Waals surface area contributed by atoms with Crippen LogP contribution in [-0.4, -0.2) is 4.98 Å². The Morgan fingerprint density at radius 1 is 1.00 bits per heavy atom. The molecule has 0 aliphatic heterocycles. The van der Waals surface area contributed by atoms with Crippen LogP contribution in [0.4, 0.5) is 0 Å². The van der Waals surface area contributed by atoms with Crippen LogP contribution < -0.4 is 0 Å². The molecular formula is C18H31NZr-6. The Hall–Kier alpha value is -0.357. The number of aromatic amines is 1. The van der Waals surface area contributed by atoms with Crippen LogP contribution in [0.2, 0.25) is 0 Å². The summed E-state index contributed by atoms with van der Waals surface area (Å²) >= 11 is 0. The summed E-state index contributed by atoms with van der Waals surface area (Å²) in [6, 6.07) is 3.71. The van der Waals surface area contributed by atoms with Crippen LogP contribution in [0.5, 0.6) is 0 Å². The van der Waals surface area contributed by atoms with Crippen LogP contribution in [0, 0.1) is 47.4 Å². The quantitative estimate of drug-likeness (QED) is 0.574. The fourth-order valence-corrected chi connectivity index (χ4v) is 1.65. The topological polar surface area (TPSA) is 15.8 Å².